The van der Waals surface area contributed by atoms with Crippen LogP contribution in [0.1, 0.15) is 31.5 Å². The van der Waals surface area contributed by atoms with E-state index in [-0.39, 0.29) is 24.0 Å². The molecule has 2 aliphatic rings. The quantitative estimate of drug-likeness (QED) is 0.467. The van der Waals surface area contributed by atoms with Gasteiger partial charge in [-0.05, 0) is 31.6 Å². The van der Waals surface area contributed by atoms with E-state index in [9.17, 15) is 0 Å². The van der Waals surface area contributed by atoms with Crippen molar-refractivity contribution in [2.75, 3.05) is 26.7 Å². The van der Waals surface area contributed by atoms with Gasteiger partial charge in [0.05, 0.1) is 0 Å². The molecule has 0 amide bonds. The highest BCUT2D eigenvalue weighted by atomic mass is 127. The summed E-state index contributed by atoms with van der Waals surface area (Å²) in [5.41, 5.74) is 0. The maximum atomic E-state index is 4.48. The van der Waals surface area contributed by atoms with Crippen LogP contribution in [0.2, 0.25) is 0 Å². The first kappa shape index (κ1) is 17.6. The summed E-state index contributed by atoms with van der Waals surface area (Å²) in [5.74, 6) is 3.93. The lowest BCUT2D eigenvalue weighted by Gasteiger charge is -2.22. The summed E-state index contributed by atoms with van der Waals surface area (Å²) < 4.78 is 2.17. The van der Waals surface area contributed by atoms with Crippen LogP contribution in [0.5, 0.6) is 0 Å². The van der Waals surface area contributed by atoms with Gasteiger partial charge in [-0.1, -0.05) is 12.8 Å². The molecular formula is C16H28IN5. The van der Waals surface area contributed by atoms with Crippen molar-refractivity contribution < 1.29 is 0 Å². The number of rotatable bonds is 3. The first-order chi connectivity index (χ1) is 10.3. The van der Waals surface area contributed by atoms with Crippen molar-refractivity contribution in [1.82, 2.24) is 19.8 Å². The summed E-state index contributed by atoms with van der Waals surface area (Å²) in [5, 5.41) is 3.51. The largest absolute Gasteiger partial charge is 0.354 e. The van der Waals surface area contributed by atoms with Gasteiger partial charge in [-0.3, -0.25) is 4.99 Å². The number of nitrogens with one attached hydrogen (secondary N) is 1. The number of hydrogen-bond donors (Lipinski definition) is 1. The van der Waals surface area contributed by atoms with Crippen molar-refractivity contribution in [3.05, 3.63) is 18.2 Å². The average Bonchev–Trinajstić information content (AvgIpc) is 3.09. The molecule has 1 aliphatic carbocycles. The lowest BCUT2D eigenvalue weighted by molar-refractivity contribution is 0.299. The third kappa shape index (κ3) is 3.94. The van der Waals surface area contributed by atoms with Gasteiger partial charge < -0.3 is 14.8 Å². The Kier molecular flexibility index (Phi) is 6.52. The van der Waals surface area contributed by atoms with E-state index in [0.29, 0.717) is 0 Å². The Morgan fingerprint density at radius 2 is 2.00 bits per heavy atom. The maximum absolute atomic E-state index is 4.48. The highest BCUT2D eigenvalue weighted by molar-refractivity contribution is 14.0. The summed E-state index contributed by atoms with van der Waals surface area (Å²) >= 11 is 0. The molecule has 2 atom stereocenters. The fourth-order valence-corrected chi connectivity index (χ4v) is 3.84. The Morgan fingerprint density at radius 3 is 2.55 bits per heavy atom. The summed E-state index contributed by atoms with van der Waals surface area (Å²) in [6, 6.07) is 0. The smallest absolute Gasteiger partial charge is 0.193 e. The second kappa shape index (κ2) is 8.17. The second-order valence-corrected chi connectivity index (χ2v) is 6.35. The number of hydrogen-bond acceptors (Lipinski definition) is 2. The Balaban J connectivity index is 0.00000176. The molecule has 5 nitrogen and oxygen atoms in total. The van der Waals surface area contributed by atoms with E-state index in [4.69, 9.17) is 0 Å². The van der Waals surface area contributed by atoms with Gasteiger partial charge in [-0.2, -0.15) is 0 Å². The van der Waals surface area contributed by atoms with Crippen LogP contribution in [0.25, 0.3) is 0 Å². The van der Waals surface area contributed by atoms with Gasteiger partial charge in [0.2, 0.25) is 0 Å². The van der Waals surface area contributed by atoms with Crippen LogP contribution in [0.15, 0.2) is 17.4 Å². The molecule has 1 saturated heterocycles. The SMILES string of the molecule is CN=C(NCCn1ccnc1C)N1CC2CCCCC2C1.I. The molecule has 124 valence electrons. The lowest BCUT2D eigenvalue weighted by atomic mass is 9.82. The van der Waals surface area contributed by atoms with Gasteiger partial charge in [0.15, 0.2) is 5.96 Å². The topological polar surface area (TPSA) is 45.5 Å². The number of imidazole rings is 1. The highest BCUT2D eigenvalue weighted by Crippen LogP contribution is 2.35. The number of aryl methyl sites for hydroxylation is 1. The predicted molar refractivity (Wildman–Crippen MR) is 101 cm³/mol. The third-order valence-corrected chi connectivity index (χ3v) is 5.05. The maximum Gasteiger partial charge on any atom is 0.193 e. The normalized spacial score (nSPS) is 24.8. The molecule has 0 spiro atoms. The van der Waals surface area contributed by atoms with E-state index >= 15 is 0 Å². The molecule has 0 radical (unpaired) electrons. The molecule has 2 fully saturated rings. The summed E-state index contributed by atoms with van der Waals surface area (Å²) in [6.45, 7) is 6.25. The molecule has 2 heterocycles. The molecular weight excluding hydrogens is 389 g/mol. The van der Waals surface area contributed by atoms with E-state index < -0.39 is 0 Å². The summed E-state index contributed by atoms with van der Waals surface area (Å²) in [6.07, 6.45) is 9.54. The number of aliphatic imine (C=N–C) groups is 1. The van der Waals surface area contributed by atoms with Crippen LogP contribution >= 0.6 is 24.0 Å². The average molecular weight is 417 g/mol. The Hall–Kier alpha value is -0.790. The first-order valence-electron chi connectivity index (χ1n) is 8.21. The molecule has 6 heteroatoms. The lowest BCUT2D eigenvalue weighted by Crippen LogP contribution is -2.41. The summed E-state index contributed by atoms with van der Waals surface area (Å²) in [4.78, 5) is 11.2. The number of aromatic nitrogens is 2. The predicted octanol–water partition coefficient (Wildman–Crippen LogP) is 2.51. The Labute approximate surface area is 150 Å². The molecule has 1 aromatic heterocycles. The molecule has 2 unspecified atom stereocenters. The fraction of sp³-hybridized carbons (Fsp3) is 0.750. The van der Waals surface area contributed by atoms with Gasteiger partial charge in [0.25, 0.3) is 0 Å². The zero-order valence-electron chi connectivity index (χ0n) is 13.7. The third-order valence-electron chi connectivity index (χ3n) is 5.05. The van der Waals surface area contributed by atoms with Gasteiger partial charge in [0, 0.05) is 45.6 Å². The van der Waals surface area contributed by atoms with Crippen LogP contribution in [0, 0.1) is 18.8 Å². The molecule has 1 aromatic rings. The van der Waals surface area contributed by atoms with Crippen LogP contribution < -0.4 is 5.32 Å². The minimum absolute atomic E-state index is 0. The van der Waals surface area contributed by atoms with Crippen molar-refractivity contribution in [1.29, 1.82) is 0 Å². The molecule has 3 rings (SSSR count). The molecule has 0 bridgehead atoms. The molecule has 1 N–H and O–H groups in total. The van der Waals surface area contributed by atoms with Gasteiger partial charge in [0.1, 0.15) is 5.82 Å². The standard InChI is InChI=1S/C16H27N5.HI/c1-13-18-7-9-20(13)10-8-19-16(17-2)21-11-14-5-3-4-6-15(14)12-21;/h7,9,14-15H,3-6,8,10-12H2,1-2H3,(H,17,19);1H. The van der Waals surface area contributed by atoms with E-state index in [1.165, 1.54) is 38.8 Å². The van der Waals surface area contributed by atoms with Crippen molar-refractivity contribution in [3.63, 3.8) is 0 Å². The van der Waals surface area contributed by atoms with Gasteiger partial charge in [-0.15, -0.1) is 24.0 Å². The van der Waals surface area contributed by atoms with Gasteiger partial charge >= 0.3 is 0 Å². The molecule has 22 heavy (non-hydrogen) atoms. The zero-order valence-corrected chi connectivity index (χ0v) is 16.0. The number of fused-ring (bicyclic) bond motifs is 1. The number of likely N-dealkylation sites (tertiary alicyclic amines) is 1. The van der Waals surface area contributed by atoms with Crippen LogP contribution in [0.4, 0.5) is 0 Å². The second-order valence-electron chi connectivity index (χ2n) is 6.35. The fourth-order valence-electron chi connectivity index (χ4n) is 3.84. The van der Waals surface area contributed by atoms with E-state index in [0.717, 1.165) is 36.7 Å². The van der Waals surface area contributed by atoms with E-state index in [1.807, 2.05) is 26.4 Å². The highest BCUT2D eigenvalue weighted by Gasteiger charge is 2.35. The van der Waals surface area contributed by atoms with Crippen LogP contribution in [-0.2, 0) is 6.54 Å². The summed E-state index contributed by atoms with van der Waals surface area (Å²) in [7, 11) is 1.90. The monoisotopic (exact) mass is 417 g/mol. The molecule has 1 saturated carbocycles. The minimum atomic E-state index is 0. The molecule has 0 aromatic carbocycles. The van der Waals surface area contributed by atoms with Gasteiger partial charge in [-0.25, -0.2) is 4.98 Å². The minimum Gasteiger partial charge on any atom is -0.354 e. The number of halogens is 1. The Morgan fingerprint density at radius 1 is 1.32 bits per heavy atom. The van der Waals surface area contributed by atoms with E-state index in [2.05, 4.69) is 24.8 Å². The zero-order chi connectivity index (χ0) is 14.7. The Bertz CT molecular complexity index is 484. The van der Waals surface area contributed by atoms with Crippen molar-refractivity contribution in [3.8, 4) is 0 Å². The van der Waals surface area contributed by atoms with Crippen LogP contribution in [-0.4, -0.2) is 47.1 Å². The molecule has 1 aliphatic heterocycles. The van der Waals surface area contributed by atoms with Crippen molar-refractivity contribution in [2.24, 2.45) is 16.8 Å². The number of guanidine groups is 1. The van der Waals surface area contributed by atoms with Crippen LogP contribution in [0.3, 0.4) is 0 Å². The first-order valence-corrected chi connectivity index (χ1v) is 8.21. The van der Waals surface area contributed by atoms with Crippen molar-refractivity contribution >= 4 is 29.9 Å². The number of nitrogens with zero attached hydrogens (tertiary/aromatic N) is 4. The van der Waals surface area contributed by atoms with E-state index in [1.54, 1.807) is 0 Å². The van der Waals surface area contributed by atoms with Crippen molar-refractivity contribution in [2.45, 2.75) is 39.2 Å².